The molecule has 0 saturated carbocycles. The molecule has 0 aliphatic carbocycles. The molecule has 2 aromatic carbocycles. The van der Waals surface area contributed by atoms with Crippen molar-refractivity contribution in [3.05, 3.63) is 54.1 Å². The SMILES string of the molecule is COc1cccc(OC)c1OCC[NH2+]C[C@@H]1CO[C@H](Cc2ccccc2)O1.O=C([O-])C(=O)O. The highest BCUT2D eigenvalue weighted by molar-refractivity contribution is 6.26. The number of carbonyl (C=O) groups excluding carboxylic acids is 1. The molecule has 0 radical (unpaired) electrons. The number of nitrogens with two attached hydrogens (primary N) is 1. The molecule has 0 amide bonds. The largest absolute Gasteiger partial charge is 0.539 e. The van der Waals surface area contributed by atoms with E-state index in [1.54, 1.807) is 14.2 Å². The quantitative estimate of drug-likeness (QED) is 0.351. The van der Waals surface area contributed by atoms with E-state index in [1.165, 1.54) is 5.56 Å². The van der Waals surface area contributed by atoms with E-state index in [1.807, 2.05) is 36.4 Å². The van der Waals surface area contributed by atoms with Crippen LogP contribution in [0, 0.1) is 0 Å². The number of quaternary nitrogens is 1. The lowest BCUT2D eigenvalue weighted by atomic mass is 10.1. The highest BCUT2D eigenvalue weighted by atomic mass is 16.7. The van der Waals surface area contributed by atoms with Crippen molar-refractivity contribution in [1.82, 2.24) is 0 Å². The molecule has 1 aliphatic heterocycles. The van der Waals surface area contributed by atoms with Crippen LogP contribution in [0.1, 0.15) is 5.56 Å². The second-order valence-electron chi connectivity index (χ2n) is 6.96. The second kappa shape index (κ2) is 13.9. The molecule has 0 spiro atoms. The summed E-state index contributed by atoms with van der Waals surface area (Å²) in [4.78, 5) is 18.0. The van der Waals surface area contributed by atoms with Crippen LogP contribution < -0.4 is 24.6 Å². The van der Waals surface area contributed by atoms with Crippen molar-refractivity contribution in [2.75, 3.05) is 40.5 Å². The second-order valence-corrected chi connectivity index (χ2v) is 6.96. The van der Waals surface area contributed by atoms with E-state index in [9.17, 15) is 0 Å². The molecule has 0 aromatic heterocycles. The molecule has 2 atom stereocenters. The predicted octanol–water partition coefficient (Wildman–Crippen LogP) is -0.549. The van der Waals surface area contributed by atoms with E-state index >= 15 is 0 Å². The van der Waals surface area contributed by atoms with E-state index in [0.29, 0.717) is 30.5 Å². The van der Waals surface area contributed by atoms with Gasteiger partial charge in [-0.3, -0.25) is 0 Å². The maximum absolute atomic E-state index is 9.04. The third-order valence-corrected chi connectivity index (χ3v) is 4.61. The first-order chi connectivity index (χ1) is 15.9. The minimum Gasteiger partial charge on any atom is -0.539 e. The van der Waals surface area contributed by atoms with Crippen molar-refractivity contribution in [3.8, 4) is 17.2 Å². The molecular weight excluding hydrogens is 434 g/mol. The van der Waals surface area contributed by atoms with Crippen molar-refractivity contribution in [3.63, 3.8) is 0 Å². The molecule has 1 saturated heterocycles. The van der Waals surface area contributed by atoms with Gasteiger partial charge in [0.25, 0.3) is 0 Å². The maximum atomic E-state index is 9.04. The summed E-state index contributed by atoms with van der Waals surface area (Å²) in [5.41, 5.74) is 1.23. The van der Waals surface area contributed by atoms with Crippen molar-refractivity contribution >= 4 is 11.9 Å². The van der Waals surface area contributed by atoms with Gasteiger partial charge >= 0.3 is 5.97 Å². The first kappa shape index (κ1) is 25.9. The van der Waals surface area contributed by atoms with E-state index in [-0.39, 0.29) is 12.4 Å². The number of ether oxygens (including phenoxy) is 5. The molecule has 2 aromatic rings. The number of para-hydroxylation sites is 1. The number of methoxy groups -OCH3 is 2. The summed E-state index contributed by atoms with van der Waals surface area (Å²) >= 11 is 0. The molecule has 3 rings (SSSR count). The van der Waals surface area contributed by atoms with Gasteiger partial charge in [0.05, 0.1) is 20.8 Å². The number of hydrogen-bond donors (Lipinski definition) is 2. The van der Waals surface area contributed by atoms with Gasteiger partial charge in [-0.2, -0.15) is 0 Å². The Kier molecular flexibility index (Phi) is 10.9. The average molecular weight is 463 g/mol. The Morgan fingerprint density at radius 2 is 1.73 bits per heavy atom. The molecule has 0 unspecified atom stereocenters. The number of hydrogen-bond acceptors (Lipinski definition) is 8. The van der Waals surface area contributed by atoms with Crippen LogP contribution in [0.5, 0.6) is 17.2 Å². The maximum Gasteiger partial charge on any atom is 0.351 e. The van der Waals surface area contributed by atoms with Gasteiger partial charge in [-0.15, -0.1) is 0 Å². The lowest BCUT2D eigenvalue weighted by Crippen LogP contribution is -2.87. The van der Waals surface area contributed by atoms with Crippen LogP contribution in [0.25, 0.3) is 0 Å². The van der Waals surface area contributed by atoms with Gasteiger partial charge in [-0.1, -0.05) is 36.4 Å². The highest BCUT2D eigenvalue weighted by Crippen LogP contribution is 2.36. The fourth-order valence-electron chi connectivity index (χ4n) is 3.05. The molecular formula is C23H29NO9. The Hall–Kier alpha value is -3.34. The fourth-order valence-corrected chi connectivity index (χ4v) is 3.05. The van der Waals surface area contributed by atoms with Crippen LogP contribution in [0.15, 0.2) is 48.5 Å². The Labute approximate surface area is 192 Å². The molecule has 3 N–H and O–H groups in total. The summed E-state index contributed by atoms with van der Waals surface area (Å²) in [6.07, 6.45) is 0.744. The van der Waals surface area contributed by atoms with Crippen LogP contribution in [-0.2, 0) is 25.5 Å². The smallest absolute Gasteiger partial charge is 0.351 e. The third kappa shape index (κ3) is 8.97. The van der Waals surface area contributed by atoms with Crippen molar-refractivity contribution in [2.45, 2.75) is 18.8 Å². The minimum atomic E-state index is -2.07. The lowest BCUT2D eigenvalue weighted by molar-refractivity contribution is -0.661. The first-order valence-electron chi connectivity index (χ1n) is 10.3. The van der Waals surface area contributed by atoms with E-state index in [2.05, 4.69) is 17.4 Å². The number of aliphatic carboxylic acids is 2. The Morgan fingerprint density at radius 1 is 1.09 bits per heavy atom. The van der Waals surface area contributed by atoms with Crippen LogP contribution in [-0.4, -0.2) is 70.0 Å². The van der Waals surface area contributed by atoms with E-state index in [0.717, 1.165) is 19.5 Å². The lowest BCUT2D eigenvalue weighted by Gasteiger charge is -2.14. The molecule has 1 heterocycles. The van der Waals surface area contributed by atoms with Crippen LogP contribution in [0.3, 0.4) is 0 Å². The minimum absolute atomic E-state index is 0.111. The summed E-state index contributed by atoms with van der Waals surface area (Å²) in [5, 5.41) is 18.5. The standard InChI is InChI=1S/C21H27NO5.C2H2O4/c1-23-18-9-6-10-19(24-2)21(18)25-12-11-22-14-17-15-26-20(27-17)13-16-7-4-3-5-8-16;3-1(4)2(5)6/h3-10,17,20,22H,11-15H2,1-2H3;(H,3,4)(H,5,6)/t17-,20+;/m1./s1. The molecule has 33 heavy (non-hydrogen) atoms. The zero-order valence-electron chi connectivity index (χ0n) is 18.6. The van der Waals surface area contributed by atoms with E-state index < -0.39 is 11.9 Å². The molecule has 10 heteroatoms. The van der Waals surface area contributed by atoms with Gasteiger partial charge in [0.2, 0.25) is 5.75 Å². The zero-order chi connectivity index (χ0) is 24.1. The highest BCUT2D eigenvalue weighted by Gasteiger charge is 2.27. The summed E-state index contributed by atoms with van der Waals surface area (Å²) in [5.74, 6) is -2.03. The zero-order valence-corrected chi connectivity index (χ0v) is 18.6. The number of benzene rings is 2. The summed E-state index contributed by atoms with van der Waals surface area (Å²) in [6, 6.07) is 15.9. The van der Waals surface area contributed by atoms with Gasteiger partial charge in [0.1, 0.15) is 25.8 Å². The van der Waals surface area contributed by atoms with Crippen LogP contribution in [0.2, 0.25) is 0 Å². The molecule has 1 aliphatic rings. The van der Waals surface area contributed by atoms with Crippen molar-refractivity contribution in [1.29, 1.82) is 0 Å². The monoisotopic (exact) mass is 463 g/mol. The molecule has 1 fully saturated rings. The molecule has 10 nitrogen and oxygen atoms in total. The van der Waals surface area contributed by atoms with Crippen molar-refractivity contribution < 1.29 is 48.8 Å². The van der Waals surface area contributed by atoms with Crippen LogP contribution in [0.4, 0.5) is 0 Å². The first-order valence-corrected chi connectivity index (χ1v) is 10.3. The summed E-state index contributed by atoms with van der Waals surface area (Å²) in [6.45, 7) is 2.84. The summed E-state index contributed by atoms with van der Waals surface area (Å²) < 4.78 is 28.3. The summed E-state index contributed by atoms with van der Waals surface area (Å²) in [7, 11) is 3.24. The number of carboxylic acids is 2. The Morgan fingerprint density at radius 3 is 2.30 bits per heavy atom. The van der Waals surface area contributed by atoms with Gasteiger partial charge in [0, 0.05) is 6.42 Å². The third-order valence-electron chi connectivity index (χ3n) is 4.61. The predicted molar refractivity (Wildman–Crippen MR) is 114 cm³/mol. The Balaban J connectivity index is 0.000000569. The number of carboxylic acid groups (broad SMARTS) is 2. The van der Waals surface area contributed by atoms with Crippen LogP contribution >= 0.6 is 0 Å². The van der Waals surface area contributed by atoms with Gasteiger partial charge in [-0.25, -0.2) is 4.79 Å². The Bertz CT molecular complexity index is 841. The van der Waals surface area contributed by atoms with E-state index in [4.69, 9.17) is 43.5 Å². The van der Waals surface area contributed by atoms with Crippen molar-refractivity contribution in [2.24, 2.45) is 0 Å². The topological polar surface area (TPSA) is 140 Å². The number of carbonyl (C=O) groups is 2. The normalized spacial score (nSPS) is 16.9. The molecule has 180 valence electrons. The van der Waals surface area contributed by atoms with Gasteiger partial charge in [-0.05, 0) is 17.7 Å². The van der Waals surface area contributed by atoms with Gasteiger partial charge < -0.3 is 44.0 Å². The average Bonchev–Trinajstić information content (AvgIpc) is 3.26. The van der Waals surface area contributed by atoms with Gasteiger partial charge in [0.15, 0.2) is 23.8 Å². The number of rotatable bonds is 10. The fraction of sp³-hybridized carbons (Fsp3) is 0.391. The molecule has 0 bridgehead atoms.